The van der Waals surface area contributed by atoms with Crippen molar-refractivity contribution in [3.05, 3.63) is 28.2 Å². The first-order valence-electron chi connectivity index (χ1n) is 6.51. The number of halogens is 1. The first-order chi connectivity index (χ1) is 9.11. The van der Waals surface area contributed by atoms with Gasteiger partial charge < -0.3 is 9.64 Å². The first kappa shape index (κ1) is 14.9. The van der Waals surface area contributed by atoms with Crippen molar-refractivity contribution in [2.75, 3.05) is 19.7 Å². The molecule has 0 N–H and O–H groups in total. The van der Waals surface area contributed by atoms with Gasteiger partial charge in [0, 0.05) is 29.1 Å². The number of ether oxygens (including phenoxy) is 1. The Morgan fingerprint density at radius 3 is 3.00 bits per heavy atom. The summed E-state index contributed by atoms with van der Waals surface area (Å²) in [6, 6.07) is 5.52. The van der Waals surface area contributed by atoms with Crippen molar-refractivity contribution in [2.24, 2.45) is 0 Å². The molecule has 1 amide bonds. The summed E-state index contributed by atoms with van der Waals surface area (Å²) in [6.45, 7) is 4.15. The molecule has 104 valence electrons. The van der Waals surface area contributed by atoms with Crippen LogP contribution in [0.3, 0.4) is 0 Å². The lowest BCUT2D eigenvalue weighted by molar-refractivity contribution is 0.0538. The van der Waals surface area contributed by atoms with Crippen molar-refractivity contribution in [1.29, 1.82) is 0 Å². The first-order valence-corrected chi connectivity index (χ1v) is 7.75. The molecular weight excluding hydrogens is 326 g/mol. The third-order valence-electron chi connectivity index (χ3n) is 3.30. The Kier molecular flexibility index (Phi) is 5.30. The Labute approximate surface area is 127 Å². The molecule has 0 saturated carbocycles. The number of carbonyl (C=O) groups is 1. The molecule has 1 aromatic carbocycles. The van der Waals surface area contributed by atoms with Crippen LogP contribution in [0, 0.1) is 0 Å². The van der Waals surface area contributed by atoms with Crippen molar-refractivity contribution in [3.8, 4) is 0 Å². The summed E-state index contributed by atoms with van der Waals surface area (Å²) in [6.07, 6.45) is 2.31. The molecule has 1 saturated heterocycles. The minimum Gasteiger partial charge on any atom is -0.376 e. The average molecular weight is 344 g/mol. The Bertz CT molecular complexity index is 461. The van der Waals surface area contributed by atoms with Crippen molar-refractivity contribution in [2.45, 2.75) is 30.8 Å². The summed E-state index contributed by atoms with van der Waals surface area (Å²) in [5, 5.41) is 0. The number of carbonyl (C=O) groups excluding carboxylic acids is 1. The highest BCUT2D eigenvalue weighted by Gasteiger charge is 2.23. The van der Waals surface area contributed by atoms with E-state index in [1.54, 1.807) is 6.07 Å². The standard InChI is InChI=1S/C14H18BrNO2S/c1-2-16(9-10-4-3-7-18-10)14(17)12-8-11(19)5-6-13(12)15/h5-6,8,10,19H,2-4,7,9H2,1H3. The molecule has 1 heterocycles. The van der Waals surface area contributed by atoms with Gasteiger partial charge in [0.2, 0.25) is 0 Å². The van der Waals surface area contributed by atoms with Gasteiger partial charge in [0.1, 0.15) is 0 Å². The normalized spacial score (nSPS) is 18.6. The van der Waals surface area contributed by atoms with E-state index in [0.717, 1.165) is 28.8 Å². The van der Waals surface area contributed by atoms with Crippen LogP contribution in [0.2, 0.25) is 0 Å². The molecule has 0 bridgehead atoms. The second kappa shape index (κ2) is 6.77. The number of amides is 1. The van der Waals surface area contributed by atoms with Crippen LogP contribution in [0.25, 0.3) is 0 Å². The fraction of sp³-hybridized carbons (Fsp3) is 0.500. The number of hydrogen-bond donors (Lipinski definition) is 1. The second-order valence-electron chi connectivity index (χ2n) is 4.64. The van der Waals surface area contributed by atoms with Crippen LogP contribution in [-0.4, -0.2) is 36.6 Å². The van der Waals surface area contributed by atoms with Gasteiger partial charge in [-0.15, -0.1) is 12.6 Å². The largest absolute Gasteiger partial charge is 0.376 e. The summed E-state index contributed by atoms with van der Waals surface area (Å²) in [4.78, 5) is 15.2. The van der Waals surface area contributed by atoms with Crippen LogP contribution in [-0.2, 0) is 4.74 Å². The lowest BCUT2D eigenvalue weighted by Gasteiger charge is -2.24. The lowest BCUT2D eigenvalue weighted by Crippen LogP contribution is -2.37. The predicted octanol–water partition coefficient (Wildman–Crippen LogP) is 3.38. The van der Waals surface area contributed by atoms with Gasteiger partial charge in [-0.3, -0.25) is 4.79 Å². The molecule has 0 spiro atoms. The number of thiol groups is 1. The Hall–Kier alpha value is -0.520. The minimum absolute atomic E-state index is 0.0285. The third-order valence-corrected chi connectivity index (χ3v) is 4.27. The van der Waals surface area contributed by atoms with Gasteiger partial charge in [-0.05, 0) is 53.9 Å². The molecule has 0 radical (unpaired) electrons. The number of likely N-dealkylation sites (N-methyl/N-ethyl adjacent to an activating group) is 1. The van der Waals surface area contributed by atoms with Gasteiger partial charge in [-0.2, -0.15) is 0 Å². The molecular formula is C14H18BrNO2S. The minimum atomic E-state index is 0.0285. The molecule has 5 heteroatoms. The third kappa shape index (κ3) is 3.74. The molecule has 0 aliphatic carbocycles. The molecule has 1 aliphatic heterocycles. The number of rotatable bonds is 4. The van der Waals surface area contributed by atoms with Crippen LogP contribution in [0.4, 0.5) is 0 Å². The maximum absolute atomic E-state index is 12.5. The average Bonchev–Trinajstić information content (AvgIpc) is 2.91. The highest BCUT2D eigenvalue weighted by Crippen LogP contribution is 2.23. The van der Waals surface area contributed by atoms with Gasteiger partial charge >= 0.3 is 0 Å². The quantitative estimate of drug-likeness (QED) is 0.849. The zero-order chi connectivity index (χ0) is 13.8. The van der Waals surface area contributed by atoms with E-state index in [4.69, 9.17) is 4.74 Å². The van der Waals surface area contributed by atoms with E-state index in [0.29, 0.717) is 18.7 Å². The molecule has 0 aromatic heterocycles. The number of benzene rings is 1. The van der Waals surface area contributed by atoms with Crippen LogP contribution in [0.5, 0.6) is 0 Å². The second-order valence-corrected chi connectivity index (χ2v) is 6.01. The van der Waals surface area contributed by atoms with E-state index in [1.165, 1.54) is 0 Å². The van der Waals surface area contributed by atoms with Crippen LogP contribution < -0.4 is 0 Å². The zero-order valence-electron chi connectivity index (χ0n) is 10.9. The predicted molar refractivity (Wildman–Crippen MR) is 81.9 cm³/mol. The topological polar surface area (TPSA) is 29.5 Å². The van der Waals surface area contributed by atoms with Gasteiger partial charge in [0.15, 0.2) is 0 Å². The number of hydrogen-bond acceptors (Lipinski definition) is 3. The summed E-state index contributed by atoms with van der Waals surface area (Å²) >= 11 is 7.72. The molecule has 1 fully saturated rings. The van der Waals surface area contributed by atoms with Crippen LogP contribution in [0.15, 0.2) is 27.6 Å². The van der Waals surface area contributed by atoms with E-state index in [-0.39, 0.29) is 12.0 Å². The van der Waals surface area contributed by atoms with E-state index >= 15 is 0 Å². The summed E-state index contributed by atoms with van der Waals surface area (Å²) in [7, 11) is 0. The maximum Gasteiger partial charge on any atom is 0.255 e. The monoisotopic (exact) mass is 343 g/mol. The SMILES string of the molecule is CCN(CC1CCCO1)C(=O)c1cc(S)ccc1Br. The van der Waals surface area contributed by atoms with E-state index in [9.17, 15) is 4.79 Å². The van der Waals surface area contributed by atoms with E-state index in [1.807, 2.05) is 24.0 Å². The zero-order valence-corrected chi connectivity index (χ0v) is 13.4. The molecule has 1 aliphatic rings. The lowest BCUT2D eigenvalue weighted by atomic mass is 10.1. The maximum atomic E-state index is 12.5. The fourth-order valence-electron chi connectivity index (χ4n) is 2.24. The van der Waals surface area contributed by atoms with Crippen molar-refractivity contribution in [3.63, 3.8) is 0 Å². The Morgan fingerprint density at radius 1 is 1.58 bits per heavy atom. The van der Waals surface area contributed by atoms with Crippen molar-refractivity contribution in [1.82, 2.24) is 4.90 Å². The number of nitrogens with zero attached hydrogens (tertiary/aromatic N) is 1. The highest BCUT2D eigenvalue weighted by atomic mass is 79.9. The van der Waals surface area contributed by atoms with E-state index in [2.05, 4.69) is 28.6 Å². The fourth-order valence-corrected chi connectivity index (χ4v) is 2.86. The molecule has 19 heavy (non-hydrogen) atoms. The van der Waals surface area contributed by atoms with Gasteiger partial charge in [-0.25, -0.2) is 0 Å². The van der Waals surface area contributed by atoms with Gasteiger partial charge in [0.05, 0.1) is 11.7 Å². The molecule has 1 atom stereocenters. The van der Waals surface area contributed by atoms with Crippen LogP contribution >= 0.6 is 28.6 Å². The van der Waals surface area contributed by atoms with Crippen molar-refractivity contribution < 1.29 is 9.53 Å². The summed E-state index contributed by atoms with van der Waals surface area (Å²) in [5.41, 5.74) is 0.660. The molecule has 1 aromatic rings. The van der Waals surface area contributed by atoms with Crippen molar-refractivity contribution >= 4 is 34.5 Å². The highest BCUT2D eigenvalue weighted by molar-refractivity contribution is 9.10. The molecule has 2 rings (SSSR count). The Morgan fingerprint density at radius 2 is 2.37 bits per heavy atom. The van der Waals surface area contributed by atoms with Gasteiger partial charge in [0.25, 0.3) is 5.91 Å². The summed E-state index contributed by atoms with van der Waals surface area (Å²) < 4.78 is 6.41. The van der Waals surface area contributed by atoms with E-state index < -0.39 is 0 Å². The van der Waals surface area contributed by atoms with Crippen LogP contribution in [0.1, 0.15) is 30.1 Å². The van der Waals surface area contributed by atoms with Gasteiger partial charge in [-0.1, -0.05) is 0 Å². The summed E-state index contributed by atoms with van der Waals surface area (Å²) in [5.74, 6) is 0.0285. The smallest absolute Gasteiger partial charge is 0.255 e. The molecule has 1 unspecified atom stereocenters. The molecule has 3 nitrogen and oxygen atoms in total. The Balaban J connectivity index is 2.12.